The summed E-state index contributed by atoms with van der Waals surface area (Å²) in [6, 6.07) is 20.8. The Labute approximate surface area is 123 Å². The number of benzene rings is 2. The van der Waals surface area contributed by atoms with Gasteiger partial charge in [-0.1, -0.05) is 60.7 Å². The summed E-state index contributed by atoms with van der Waals surface area (Å²) in [4.78, 5) is 19.7. The van der Waals surface area contributed by atoms with Crippen LogP contribution in [0.5, 0.6) is 0 Å². The molecule has 4 heteroatoms. The second-order valence-electron chi connectivity index (χ2n) is 4.20. The second kappa shape index (κ2) is 8.32. The van der Waals surface area contributed by atoms with Crippen LogP contribution in [0.25, 0.3) is 11.1 Å². The van der Waals surface area contributed by atoms with Crippen LogP contribution >= 0.6 is 0 Å². The van der Waals surface area contributed by atoms with Crippen LogP contribution in [0.1, 0.15) is 6.92 Å². The van der Waals surface area contributed by atoms with Crippen molar-refractivity contribution in [2.24, 2.45) is 0 Å². The van der Waals surface area contributed by atoms with Crippen LogP contribution in [-0.4, -0.2) is 22.2 Å². The zero-order valence-electron chi connectivity index (χ0n) is 11.6. The van der Waals surface area contributed by atoms with Crippen molar-refractivity contribution in [2.75, 3.05) is 0 Å². The maximum absolute atomic E-state index is 9.90. The van der Waals surface area contributed by atoms with E-state index in [-0.39, 0.29) is 5.57 Å². The lowest BCUT2D eigenvalue weighted by Crippen LogP contribution is -1.99. The van der Waals surface area contributed by atoms with Gasteiger partial charge in [0.25, 0.3) is 0 Å². The van der Waals surface area contributed by atoms with Crippen molar-refractivity contribution >= 4 is 11.9 Å². The molecule has 0 aliphatic carbocycles. The first-order valence-corrected chi connectivity index (χ1v) is 6.25. The van der Waals surface area contributed by atoms with E-state index in [0.717, 1.165) is 0 Å². The molecule has 0 spiro atoms. The Balaban J connectivity index is 0.000000222. The van der Waals surface area contributed by atoms with Crippen molar-refractivity contribution in [1.29, 1.82) is 0 Å². The van der Waals surface area contributed by atoms with Gasteiger partial charge in [0.05, 0.1) is 0 Å². The molecule has 0 radical (unpaired) electrons. The van der Waals surface area contributed by atoms with E-state index in [2.05, 4.69) is 48.5 Å². The zero-order valence-corrected chi connectivity index (χ0v) is 11.6. The minimum absolute atomic E-state index is 0.178. The van der Waals surface area contributed by atoms with Crippen molar-refractivity contribution in [3.05, 3.63) is 72.3 Å². The third-order valence-corrected chi connectivity index (χ3v) is 2.56. The summed E-state index contributed by atoms with van der Waals surface area (Å²) in [7, 11) is 0. The molecule has 0 aromatic heterocycles. The van der Waals surface area contributed by atoms with Gasteiger partial charge in [-0.15, -0.1) is 0 Å². The van der Waals surface area contributed by atoms with Gasteiger partial charge in [0, 0.05) is 11.6 Å². The molecule has 2 N–H and O–H groups in total. The molecule has 0 aliphatic rings. The summed E-state index contributed by atoms with van der Waals surface area (Å²) in [6.07, 6.45) is 0.641. The molecule has 0 atom stereocenters. The molecule has 0 heterocycles. The largest absolute Gasteiger partial charge is 0.478 e. The summed E-state index contributed by atoms with van der Waals surface area (Å²) in [5.74, 6) is -2.45. The summed E-state index contributed by atoms with van der Waals surface area (Å²) in [5, 5.41) is 16.1. The summed E-state index contributed by atoms with van der Waals surface area (Å²) in [5.41, 5.74) is 2.37. The molecule has 0 fully saturated rings. The molecule has 2 aromatic carbocycles. The Kier molecular flexibility index (Phi) is 6.41. The smallest absolute Gasteiger partial charge is 0.331 e. The number of hydrogen-bond acceptors (Lipinski definition) is 2. The quantitative estimate of drug-likeness (QED) is 0.846. The van der Waals surface area contributed by atoms with Gasteiger partial charge in [0.2, 0.25) is 0 Å². The maximum atomic E-state index is 9.90. The van der Waals surface area contributed by atoms with Crippen LogP contribution in [0, 0.1) is 0 Å². The van der Waals surface area contributed by atoms with Crippen LogP contribution < -0.4 is 0 Å². The van der Waals surface area contributed by atoms with Crippen LogP contribution in [0.3, 0.4) is 0 Å². The van der Waals surface area contributed by atoms with Gasteiger partial charge in [0.15, 0.2) is 0 Å². The van der Waals surface area contributed by atoms with E-state index >= 15 is 0 Å². The molecular weight excluding hydrogens is 268 g/mol. The Morgan fingerprint density at radius 1 is 0.810 bits per heavy atom. The van der Waals surface area contributed by atoms with Gasteiger partial charge in [-0.3, -0.25) is 0 Å². The first-order valence-electron chi connectivity index (χ1n) is 6.25. The average molecular weight is 284 g/mol. The monoisotopic (exact) mass is 284 g/mol. The van der Waals surface area contributed by atoms with E-state index < -0.39 is 11.9 Å². The lowest BCUT2D eigenvalue weighted by molar-refractivity contribution is -0.135. The third kappa shape index (κ3) is 6.20. The molecule has 0 amide bonds. The van der Waals surface area contributed by atoms with Crippen LogP contribution in [0.4, 0.5) is 0 Å². The zero-order chi connectivity index (χ0) is 15.7. The molecule has 0 bridgehead atoms. The van der Waals surface area contributed by atoms with Crippen LogP contribution in [-0.2, 0) is 9.59 Å². The van der Waals surface area contributed by atoms with Gasteiger partial charge in [-0.25, -0.2) is 9.59 Å². The van der Waals surface area contributed by atoms with Gasteiger partial charge in [-0.2, -0.15) is 0 Å². The van der Waals surface area contributed by atoms with E-state index in [9.17, 15) is 9.59 Å². The van der Waals surface area contributed by atoms with E-state index in [1.165, 1.54) is 18.1 Å². The second-order valence-corrected chi connectivity index (χ2v) is 4.20. The molecule has 4 nitrogen and oxygen atoms in total. The van der Waals surface area contributed by atoms with Gasteiger partial charge in [-0.05, 0) is 18.1 Å². The Hall–Kier alpha value is -2.88. The lowest BCUT2D eigenvalue weighted by Gasteiger charge is -1.98. The number of rotatable bonds is 3. The fraction of sp³-hybridized carbons (Fsp3) is 0.0588. The van der Waals surface area contributed by atoms with Crippen molar-refractivity contribution < 1.29 is 19.8 Å². The SMILES string of the molecule is C/C(=C/C(=O)O)C(=O)O.c1ccc(-c2ccccc2)cc1. The third-order valence-electron chi connectivity index (χ3n) is 2.56. The summed E-state index contributed by atoms with van der Waals surface area (Å²) in [6.45, 7) is 1.22. The van der Waals surface area contributed by atoms with Crippen molar-refractivity contribution in [3.63, 3.8) is 0 Å². The molecule has 108 valence electrons. The van der Waals surface area contributed by atoms with Gasteiger partial charge >= 0.3 is 11.9 Å². The molecule has 0 aliphatic heterocycles. The number of hydrogen-bond donors (Lipinski definition) is 2. The highest BCUT2D eigenvalue weighted by Gasteiger charge is 2.00. The topological polar surface area (TPSA) is 74.6 Å². The van der Waals surface area contributed by atoms with E-state index in [1.54, 1.807) is 0 Å². The number of carbonyl (C=O) groups is 2. The standard InChI is InChI=1S/C12H10.C5H6O4/c1-3-7-11(8-4-1)12-9-5-2-6-10-12;1-3(5(8)9)2-4(6)7/h1-10H;2H,1H3,(H,6,7)(H,8,9)/b;3-2-. The fourth-order valence-corrected chi connectivity index (χ4v) is 1.51. The number of carboxylic acid groups (broad SMARTS) is 2. The first-order chi connectivity index (χ1) is 10.0. The normalized spacial score (nSPS) is 10.2. The molecule has 0 saturated carbocycles. The average Bonchev–Trinajstić information content (AvgIpc) is 2.49. The predicted molar refractivity (Wildman–Crippen MR) is 80.9 cm³/mol. The molecule has 2 rings (SSSR count). The summed E-state index contributed by atoms with van der Waals surface area (Å²) < 4.78 is 0. The van der Waals surface area contributed by atoms with Crippen molar-refractivity contribution in [1.82, 2.24) is 0 Å². The highest BCUT2D eigenvalue weighted by molar-refractivity contribution is 5.93. The number of carboxylic acids is 2. The summed E-state index contributed by atoms with van der Waals surface area (Å²) >= 11 is 0. The predicted octanol–water partition coefficient (Wildman–Crippen LogP) is 3.46. The van der Waals surface area contributed by atoms with Gasteiger partial charge in [0.1, 0.15) is 0 Å². The van der Waals surface area contributed by atoms with E-state index in [1.807, 2.05) is 12.1 Å². The minimum atomic E-state index is -1.24. The Morgan fingerprint density at radius 3 is 1.43 bits per heavy atom. The molecule has 0 saturated heterocycles. The molecule has 2 aromatic rings. The highest BCUT2D eigenvalue weighted by Crippen LogP contribution is 2.17. The lowest BCUT2D eigenvalue weighted by atomic mass is 10.1. The van der Waals surface area contributed by atoms with Crippen LogP contribution in [0.15, 0.2) is 72.3 Å². The minimum Gasteiger partial charge on any atom is -0.478 e. The molecule has 21 heavy (non-hydrogen) atoms. The Bertz CT molecular complexity index is 578. The Morgan fingerprint density at radius 2 is 1.19 bits per heavy atom. The number of aliphatic carboxylic acids is 2. The fourth-order valence-electron chi connectivity index (χ4n) is 1.51. The first kappa shape index (κ1) is 16.2. The van der Waals surface area contributed by atoms with Crippen LogP contribution in [0.2, 0.25) is 0 Å². The molecule has 0 unspecified atom stereocenters. The molecular formula is C17H16O4. The highest BCUT2D eigenvalue weighted by atomic mass is 16.4. The van der Waals surface area contributed by atoms with E-state index in [0.29, 0.717) is 6.08 Å². The van der Waals surface area contributed by atoms with Gasteiger partial charge < -0.3 is 10.2 Å². The van der Waals surface area contributed by atoms with E-state index in [4.69, 9.17) is 10.2 Å². The van der Waals surface area contributed by atoms with Crippen molar-refractivity contribution in [3.8, 4) is 11.1 Å². The van der Waals surface area contributed by atoms with Crippen molar-refractivity contribution in [2.45, 2.75) is 6.92 Å². The maximum Gasteiger partial charge on any atom is 0.331 e.